The molecule has 100 valence electrons. The van der Waals surface area contributed by atoms with Crippen molar-refractivity contribution in [1.29, 1.82) is 0 Å². The van der Waals surface area contributed by atoms with Crippen LogP contribution in [0, 0.1) is 10.5 Å². The first-order valence-electron chi connectivity index (χ1n) is 5.97. The third-order valence-corrected chi connectivity index (χ3v) is 4.43. The van der Waals surface area contributed by atoms with Crippen LogP contribution in [0.5, 0.6) is 5.88 Å². The van der Waals surface area contributed by atoms with Crippen LogP contribution in [0.15, 0.2) is 30.6 Å². The lowest BCUT2D eigenvalue weighted by Gasteiger charge is -2.15. The molecule has 0 saturated heterocycles. The van der Waals surface area contributed by atoms with E-state index < -0.39 is 0 Å². The van der Waals surface area contributed by atoms with Gasteiger partial charge in [0.15, 0.2) is 0 Å². The van der Waals surface area contributed by atoms with Crippen LogP contribution >= 0.6 is 22.6 Å². The molecule has 5 heteroatoms. The van der Waals surface area contributed by atoms with Crippen molar-refractivity contribution in [3.63, 3.8) is 0 Å². The number of methoxy groups -OCH3 is 1. The molecule has 0 amide bonds. The summed E-state index contributed by atoms with van der Waals surface area (Å²) in [6, 6.07) is 7.94. The Kier molecular flexibility index (Phi) is 4.71. The van der Waals surface area contributed by atoms with Gasteiger partial charge in [0.2, 0.25) is 5.88 Å². The fourth-order valence-electron chi connectivity index (χ4n) is 1.89. The minimum absolute atomic E-state index is 0.0774. The Labute approximate surface area is 126 Å². The minimum Gasteiger partial charge on any atom is -0.481 e. The van der Waals surface area contributed by atoms with E-state index in [1.165, 1.54) is 15.5 Å². The average Bonchev–Trinajstić information content (AvgIpc) is 2.42. The van der Waals surface area contributed by atoms with Gasteiger partial charge in [-0.05, 0) is 40.6 Å². The average molecular weight is 369 g/mol. The summed E-state index contributed by atoms with van der Waals surface area (Å²) >= 11 is 2.34. The van der Waals surface area contributed by atoms with Crippen molar-refractivity contribution in [2.75, 3.05) is 7.11 Å². The van der Waals surface area contributed by atoms with Crippen LogP contribution in [0.2, 0.25) is 0 Å². The van der Waals surface area contributed by atoms with E-state index in [9.17, 15) is 0 Å². The highest BCUT2D eigenvalue weighted by atomic mass is 127. The van der Waals surface area contributed by atoms with Gasteiger partial charge in [0.1, 0.15) is 6.33 Å². The number of hydrogen-bond donors (Lipinski definition) is 1. The SMILES string of the molecule is COc1cc(CC(N)c2cccc(C)c2I)ncn1. The highest BCUT2D eigenvalue weighted by molar-refractivity contribution is 14.1. The predicted molar refractivity (Wildman–Crippen MR) is 83.1 cm³/mol. The summed E-state index contributed by atoms with van der Waals surface area (Å²) in [6.45, 7) is 2.09. The molecule has 0 bridgehead atoms. The molecule has 2 rings (SSSR count). The number of nitrogens with zero attached hydrogens (tertiary/aromatic N) is 2. The highest BCUT2D eigenvalue weighted by Crippen LogP contribution is 2.24. The van der Waals surface area contributed by atoms with Gasteiger partial charge in [0.25, 0.3) is 0 Å². The van der Waals surface area contributed by atoms with Gasteiger partial charge < -0.3 is 10.5 Å². The first-order valence-corrected chi connectivity index (χ1v) is 7.05. The largest absolute Gasteiger partial charge is 0.481 e. The maximum Gasteiger partial charge on any atom is 0.216 e. The molecule has 1 heterocycles. The van der Waals surface area contributed by atoms with Crippen molar-refractivity contribution in [3.05, 3.63) is 51.0 Å². The predicted octanol–water partition coefficient (Wildman–Crippen LogP) is 2.64. The molecule has 1 aromatic carbocycles. The molecule has 1 atom stereocenters. The molecule has 2 N–H and O–H groups in total. The van der Waals surface area contributed by atoms with Gasteiger partial charge in [-0.1, -0.05) is 18.2 Å². The molecule has 4 nitrogen and oxygen atoms in total. The fraction of sp³-hybridized carbons (Fsp3) is 0.286. The standard InChI is InChI=1S/C14H16IN3O/c1-9-4-3-5-11(14(9)15)12(16)6-10-7-13(19-2)18-8-17-10/h3-5,7-8,12H,6,16H2,1-2H3. The van der Waals surface area contributed by atoms with Crippen molar-refractivity contribution in [3.8, 4) is 5.88 Å². The van der Waals surface area contributed by atoms with Crippen LogP contribution in [0.4, 0.5) is 0 Å². The summed E-state index contributed by atoms with van der Waals surface area (Å²) < 4.78 is 6.31. The zero-order chi connectivity index (χ0) is 13.8. The normalized spacial score (nSPS) is 12.2. The molecule has 0 aliphatic carbocycles. The molecular formula is C14H16IN3O. The van der Waals surface area contributed by atoms with Gasteiger partial charge in [-0.2, -0.15) is 0 Å². The number of benzene rings is 1. The lowest BCUT2D eigenvalue weighted by molar-refractivity contribution is 0.395. The highest BCUT2D eigenvalue weighted by Gasteiger charge is 2.13. The Hall–Kier alpha value is -1.21. The van der Waals surface area contributed by atoms with Crippen molar-refractivity contribution in [2.45, 2.75) is 19.4 Å². The number of aromatic nitrogens is 2. The molecule has 0 aliphatic rings. The van der Waals surface area contributed by atoms with Gasteiger partial charge in [0.05, 0.1) is 7.11 Å². The number of aryl methyl sites for hydroxylation is 1. The van der Waals surface area contributed by atoms with Gasteiger partial charge >= 0.3 is 0 Å². The third-order valence-electron chi connectivity index (χ3n) is 2.96. The van der Waals surface area contributed by atoms with E-state index in [4.69, 9.17) is 10.5 Å². The second-order valence-electron chi connectivity index (χ2n) is 4.34. The minimum atomic E-state index is -0.0774. The van der Waals surface area contributed by atoms with Crippen LogP contribution in [0.3, 0.4) is 0 Å². The summed E-state index contributed by atoms with van der Waals surface area (Å²) in [6.07, 6.45) is 2.17. The van der Waals surface area contributed by atoms with Crippen LogP contribution < -0.4 is 10.5 Å². The summed E-state index contributed by atoms with van der Waals surface area (Å²) in [4.78, 5) is 8.23. The van der Waals surface area contributed by atoms with E-state index in [0.717, 1.165) is 11.3 Å². The molecule has 2 aromatic rings. The Morgan fingerprint density at radius 3 is 2.89 bits per heavy atom. The van der Waals surface area contributed by atoms with Gasteiger partial charge in [-0.15, -0.1) is 0 Å². The Bertz CT molecular complexity index is 574. The van der Waals surface area contributed by atoms with Crippen molar-refractivity contribution >= 4 is 22.6 Å². The summed E-state index contributed by atoms with van der Waals surface area (Å²) in [7, 11) is 1.59. The molecular weight excluding hydrogens is 353 g/mol. The second-order valence-corrected chi connectivity index (χ2v) is 5.42. The van der Waals surface area contributed by atoms with Gasteiger partial charge in [0, 0.05) is 27.8 Å². The summed E-state index contributed by atoms with van der Waals surface area (Å²) in [5.41, 5.74) is 9.56. The number of halogens is 1. The molecule has 1 aromatic heterocycles. The van der Waals surface area contributed by atoms with E-state index in [-0.39, 0.29) is 6.04 Å². The second kappa shape index (κ2) is 6.29. The monoisotopic (exact) mass is 369 g/mol. The first kappa shape index (κ1) is 14.2. The first-order chi connectivity index (χ1) is 9.11. The third kappa shape index (κ3) is 3.42. The van der Waals surface area contributed by atoms with Crippen LogP contribution in [0.25, 0.3) is 0 Å². The number of rotatable bonds is 4. The lowest BCUT2D eigenvalue weighted by Crippen LogP contribution is -2.16. The molecule has 0 spiro atoms. The van der Waals surface area contributed by atoms with Crippen molar-refractivity contribution in [2.24, 2.45) is 5.73 Å². The molecule has 0 aliphatic heterocycles. The molecule has 0 saturated carbocycles. The quantitative estimate of drug-likeness (QED) is 0.842. The number of nitrogens with two attached hydrogens (primary N) is 1. The zero-order valence-corrected chi connectivity index (χ0v) is 13.1. The van der Waals surface area contributed by atoms with E-state index in [1.807, 2.05) is 12.1 Å². The van der Waals surface area contributed by atoms with Crippen LogP contribution in [0.1, 0.15) is 22.9 Å². The van der Waals surface area contributed by atoms with Crippen molar-refractivity contribution < 1.29 is 4.74 Å². The number of ether oxygens (including phenoxy) is 1. The van der Waals surface area contributed by atoms with E-state index >= 15 is 0 Å². The fourth-order valence-corrected chi connectivity index (χ4v) is 2.65. The van der Waals surface area contributed by atoms with E-state index in [2.05, 4.69) is 51.6 Å². The maximum absolute atomic E-state index is 6.28. The Morgan fingerprint density at radius 1 is 1.37 bits per heavy atom. The van der Waals surface area contributed by atoms with E-state index in [1.54, 1.807) is 7.11 Å². The van der Waals surface area contributed by atoms with Gasteiger partial charge in [-0.25, -0.2) is 9.97 Å². The van der Waals surface area contributed by atoms with E-state index in [0.29, 0.717) is 12.3 Å². The smallest absolute Gasteiger partial charge is 0.216 e. The van der Waals surface area contributed by atoms with Crippen molar-refractivity contribution in [1.82, 2.24) is 9.97 Å². The Morgan fingerprint density at radius 2 is 2.16 bits per heavy atom. The topological polar surface area (TPSA) is 61.0 Å². The van der Waals surface area contributed by atoms with Gasteiger partial charge in [-0.3, -0.25) is 0 Å². The molecule has 0 radical (unpaired) electrons. The zero-order valence-electron chi connectivity index (χ0n) is 10.9. The molecule has 0 fully saturated rings. The maximum atomic E-state index is 6.28. The number of hydrogen-bond acceptors (Lipinski definition) is 4. The summed E-state index contributed by atoms with van der Waals surface area (Å²) in [5.74, 6) is 0.566. The van der Waals surface area contributed by atoms with Crippen LogP contribution in [-0.4, -0.2) is 17.1 Å². The molecule has 19 heavy (non-hydrogen) atoms. The molecule has 1 unspecified atom stereocenters. The lowest BCUT2D eigenvalue weighted by atomic mass is 10.0. The summed E-state index contributed by atoms with van der Waals surface area (Å²) in [5, 5.41) is 0. The van der Waals surface area contributed by atoms with Crippen LogP contribution in [-0.2, 0) is 6.42 Å². The Balaban J connectivity index is 2.20.